The van der Waals surface area contributed by atoms with Crippen LogP contribution in [-0.4, -0.2) is 58.9 Å². The maximum absolute atomic E-state index is 10.6. The molecule has 0 heterocycles. The number of hydrogen-bond acceptors (Lipinski definition) is 13. The van der Waals surface area contributed by atoms with Gasteiger partial charge >= 0.3 is 35.8 Å². The lowest BCUT2D eigenvalue weighted by Gasteiger charge is -1.95. The van der Waals surface area contributed by atoms with Crippen molar-refractivity contribution < 1.29 is 62.2 Å². The third-order valence-corrected chi connectivity index (χ3v) is 2.45. The van der Waals surface area contributed by atoms with E-state index in [-0.39, 0.29) is 0 Å². The van der Waals surface area contributed by atoms with Crippen molar-refractivity contribution >= 4 is 58.9 Å². The van der Waals surface area contributed by atoms with Gasteiger partial charge in [-0.1, -0.05) is 39.5 Å². The van der Waals surface area contributed by atoms with Gasteiger partial charge in [-0.3, -0.25) is 19.2 Å². The van der Waals surface area contributed by atoms with Gasteiger partial charge in [-0.05, 0) is 24.3 Å². The molecular weight excluding hydrogens is 472 g/mol. The molecule has 0 saturated carbocycles. The second-order valence-electron chi connectivity index (χ2n) is 4.78. The SMILES string of the molecule is C=CC(=O)C(=O)OC(=O)C(=O)C=C.C=CC(=O)C(=O)OC(=O)C(=O)C=C.C=CC(=O)OC(=O)C=C. The molecule has 0 N–H and O–H groups in total. The normalized spacial score (nSPS) is 8.11. The zero-order chi connectivity index (χ0) is 28.1. The first-order valence-electron chi connectivity index (χ1n) is 8.45. The average molecular weight is 490 g/mol. The first-order chi connectivity index (χ1) is 16.2. The van der Waals surface area contributed by atoms with Crippen LogP contribution >= 0.6 is 0 Å². The Hall–Kier alpha value is -5.46. The number of esters is 6. The van der Waals surface area contributed by atoms with E-state index >= 15 is 0 Å². The molecule has 0 spiro atoms. The Kier molecular flexibility index (Phi) is 18.8. The van der Waals surface area contributed by atoms with Crippen molar-refractivity contribution in [3.05, 3.63) is 75.9 Å². The Morgan fingerprint density at radius 2 is 0.543 bits per heavy atom. The van der Waals surface area contributed by atoms with Crippen LogP contribution in [0.2, 0.25) is 0 Å². The molecule has 13 heteroatoms. The number of hydrogen-bond donors (Lipinski definition) is 0. The van der Waals surface area contributed by atoms with Crippen LogP contribution in [0, 0.1) is 0 Å². The van der Waals surface area contributed by atoms with Gasteiger partial charge in [0.25, 0.3) is 23.1 Å². The first-order valence-corrected chi connectivity index (χ1v) is 8.45. The molecule has 0 aromatic carbocycles. The quantitative estimate of drug-likeness (QED) is 0.126. The molecule has 0 bridgehead atoms. The fourth-order valence-corrected chi connectivity index (χ4v) is 0.885. The summed E-state index contributed by atoms with van der Waals surface area (Å²) in [6.07, 6.45) is 4.51. The smallest absolute Gasteiger partial charge is 0.386 e. The second kappa shape index (κ2) is 19.2. The van der Waals surface area contributed by atoms with Crippen LogP contribution in [0.1, 0.15) is 0 Å². The standard InChI is InChI=1S/2C8H6O5.C6H6O3/c2*1-3-5(9)7(11)13-8(12)6(10)4-2;1-3-5(7)9-6(8)4-2/h2*3-4H,1-2H2;3-4H,1-2H2. The van der Waals surface area contributed by atoms with Gasteiger partial charge in [-0.25, -0.2) is 28.8 Å². The number of ether oxygens (including phenoxy) is 3. The van der Waals surface area contributed by atoms with Gasteiger partial charge in [0, 0.05) is 12.2 Å². The van der Waals surface area contributed by atoms with Gasteiger partial charge in [0.05, 0.1) is 0 Å². The van der Waals surface area contributed by atoms with Crippen molar-refractivity contribution in [3.63, 3.8) is 0 Å². The first kappa shape index (κ1) is 34.2. The molecule has 0 unspecified atom stereocenters. The van der Waals surface area contributed by atoms with Crippen LogP contribution in [0.3, 0.4) is 0 Å². The Balaban J connectivity index is -0.000000448. The Labute approximate surface area is 197 Å². The lowest BCUT2D eigenvalue weighted by atomic mass is 10.4. The van der Waals surface area contributed by atoms with Crippen molar-refractivity contribution in [2.24, 2.45) is 0 Å². The average Bonchev–Trinajstić information content (AvgIpc) is 2.86. The number of rotatable bonds is 10. The van der Waals surface area contributed by atoms with Crippen molar-refractivity contribution in [2.45, 2.75) is 0 Å². The van der Waals surface area contributed by atoms with Gasteiger partial charge < -0.3 is 14.2 Å². The van der Waals surface area contributed by atoms with Gasteiger partial charge in [-0.15, -0.1) is 0 Å². The molecule has 0 aliphatic carbocycles. The highest BCUT2D eigenvalue weighted by atomic mass is 16.6. The summed E-state index contributed by atoms with van der Waals surface area (Å²) < 4.78 is 11.7. The Bertz CT molecular complexity index is 868. The van der Waals surface area contributed by atoms with Crippen LogP contribution in [0.25, 0.3) is 0 Å². The predicted octanol–water partition coefficient (Wildman–Crippen LogP) is -0.439. The fourth-order valence-electron chi connectivity index (χ4n) is 0.885. The lowest BCUT2D eigenvalue weighted by Crippen LogP contribution is -2.23. The molecule has 0 fully saturated rings. The van der Waals surface area contributed by atoms with E-state index in [4.69, 9.17) is 0 Å². The van der Waals surface area contributed by atoms with Crippen LogP contribution in [-0.2, 0) is 62.2 Å². The summed E-state index contributed by atoms with van der Waals surface area (Å²) in [6.45, 7) is 18.1. The molecule has 0 saturated heterocycles. The highest BCUT2D eigenvalue weighted by Gasteiger charge is 2.21. The lowest BCUT2D eigenvalue weighted by molar-refractivity contribution is -0.165. The molecule has 0 aliphatic heterocycles. The topological polar surface area (TPSA) is 198 Å². The largest absolute Gasteiger partial charge is 0.387 e. The summed E-state index contributed by atoms with van der Waals surface area (Å²) in [5, 5.41) is 0. The fraction of sp³-hybridized carbons (Fsp3) is 0. The maximum atomic E-state index is 10.6. The minimum absolute atomic E-state index is 0.675. The van der Waals surface area contributed by atoms with Crippen LogP contribution in [0.15, 0.2) is 75.9 Å². The molecule has 0 aliphatic rings. The van der Waals surface area contributed by atoms with Crippen LogP contribution < -0.4 is 0 Å². The summed E-state index contributed by atoms with van der Waals surface area (Å²) in [4.78, 5) is 104. The third kappa shape index (κ3) is 16.9. The molecule has 35 heavy (non-hydrogen) atoms. The van der Waals surface area contributed by atoms with Crippen molar-refractivity contribution in [3.8, 4) is 0 Å². The molecule has 0 atom stereocenters. The molecule has 0 amide bonds. The van der Waals surface area contributed by atoms with E-state index in [1.54, 1.807) is 0 Å². The highest BCUT2D eigenvalue weighted by molar-refractivity contribution is 6.46. The van der Waals surface area contributed by atoms with Crippen molar-refractivity contribution in [2.75, 3.05) is 0 Å². The van der Waals surface area contributed by atoms with E-state index in [2.05, 4.69) is 53.7 Å². The van der Waals surface area contributed by atoms with Crippen molar-refractivity contribution in [1.29, 1.82) is 0 Å². The molecule has 0 radical (unpaired) electrons. The van der Waals surface area contributed by atoms with E-state index in [0.29, 0.717) is 24.3 Å². The molecular formula is C22H18O13. The summed E-state index contributed by atoms with van der Waals surface area (Å²) in [5.41, 5.74) is 0. The zero-order valence-electron chi connectivity index (χ0n) is 18.0. The number of ketones is 4. The van der Waals surface area contributed by atoms with Gasteiger partial charge in [-0.2, -0.15) is 0 Å². The molecule has 184 valence electrons. The third-order valence-electron chi connectivity index (χ3n) is 2.45. The number of carbonyl (C=O) groups is 10. The molecule has 0 aromatic rings. The summed E-state index contributed by atoms with van der Waals surface area (Å²) in [7, 11) is 0. The van der Waals surface area contributed by atoms with E-state index in [1.165, 1.54) is 0 Å². The number of carbonyl (C=O) groups excluding carboxylic acids is 10. The maximum Gasteiger partial charge on any atom is 0.386 e. The van der Waals surface area contributed by atoms with Crippen LogP contribution in [0.4, 0.5) is 0 Å². The molecule has 0 rings (SSSR count). The highest BCUT2D eigenvalue weighted by Crippen LogP contribution is 1.88. The van der Waals surface area contributed by atoms with E-state index in [1.807, 2.05) is 0 Å². The molecule has 0 aromatic heterocycles. The Morgan fingerprint density at radius 3 is 0.686 bits per heavy atom. The molecule has 13 nitrogen and oxygen atoms in total. The van der Waals surface area contributed by atoms with Gasteiger partial charge in [0.1, 0.15) is 0 Å². The predicted molar refractivity (Wildman–Crippen MR) is 115 cm³/mol. The Morgan fingerprint density at radius 1 is 0.343 bits per heavy atom. The van der Waals surface area contributed by atoms with E-state index in [9.17, 15) is 47.9 Å². The minimum atomic E-state index is -1.44. The minimum Gasteiger partial charge on any atom is -0.387 e. The zero-order valence-corrected chi connectivity index (χ0v) is 18.0. The van der Waals surface area contributed by atoms with Gasteiger partial charge in [0.15, 0.2) is 0 Å². The monoisotopic (exact) mass is 490 g/mol. The van der Waals surface area contributed by atoms with E-state index in [0.717, 1.165) is 12.2 Å². The summed E-state index contributed by atoms with van der Waals surface area (Å²) in [6, 6.07) is 0. The summed E-state index contributed by atoms with van der Waals surface area (Å²) >= 11 is 0. The second-order valence-corrected chi connectivity index (χ2v) is 4.78. The summed E-state index contributed by atoms with van der Waals surface area (Å²) in [5.74, 6) is -11.6. The van der Waals surface area contributed by atoms with Gasteiger partial charge in [0.2, 0.25) is 0 Å². The van der Waals surface area contributed by atoms with Crippen LogP contribution in [0.5, 0.6) is 0 Å². The van der Waals surface area contributed by atoms with Crippen molar-refractivity contribution in [1.82, 2.24) is 0 Å². The van der Waals surface area contributed by atoms with E-state index < -0.39 is 58.9 Å².